The van der Waals surface area contributed by atoms with E-state index in [1.165, 1.54) is 0 Å². The van der Waals surface area contributed by atoms with Gasteiger partial charge in [0.1, 0.15) is 0 Å². The molecular weight excluding hydrogens is 290 g/mol. The number of aryl methyl sites for hydroxylation is 2. The van der Waals surface area contributed by atoms with Gasteiger partial charge in [0.25, 0.3) is 5.91 Å². The molecule has 3 rings (SSSR count). The molecule has 1 aliphatic heterocycles. The monoisotopic (exact) mass is 309 g/mol. The number of hydrogen-bond donors (Lipinski definition) is 1. The number of hydrogen-bond acceptors (Lipinski definition) is 3. The van der Waals surface area contributed by atoms with Crippen LogP contribution in [0.15, 0.2) is 42.5 Å². The molecule has 0 bridgehead atoms. The molecule has 0 aliphatic carbocycles. The number of para-hydroxylation sites is 1. The Bertz CT molecular complexity index is 767. The summed E-state index contributed by atoms with van der Waals surface area (Å²) in [6.07, 6.45) is 0.438. The van der Waals surface area contributed by atoms with Crippen LogP contribution in [0.5, 0.6) is 0 Å². The number of amides is 1. The van der Waals surface area contributed by atoms with E-state index in [9.17, 15) is 9.59 Å². The molecule has 0 saturated carbocycles. The first-order chi connectivity index (χ1) is 11.1. The SMILES string of the molecule is CCc1cccc(C)c1NC(=O)[C@H]1Cc2ccccc2C(=O)O1. The molecule has 1 heterocycles. The lowest BCUT2D eigenvalue weighted by Crippen LogP contribution is -2.38. The van der Waals surface area contributed by atoms with Gasteiger partial charge in [0, 0.05) is 12.1 Å². The van der Waals surface area contributed by atoms with Gasteiger partial charge >= 0.3 is 5.97 Å². The molecule has 0 radical (unpaired) electrons. The summed E-state index contributed by atoms with van der Waals surface area (Å²) in [6.45, 7) is 4.00. The predicted molar refractivity (Wildman–Crippen MR) is 88.5 cm³/mol. The Morgan fingerprint density at radius 3 is 2.78 bits per heavy atom. The van der Waals surface area contributed by atoms with Crippen molar-refractivity contribution in [3.8, 4) is 0 Å². The number of nitrogens with one attached hydrogen (secondary N) is 1. The van der Waals surface area contributed by atoms with Crippen molar-refractivity contribution < 1.29 is 14.3 Å². The van der Waals surface area contributed by atoms with Crippen LogP contribution in [-0.4, -0.2) is 18.0 Å². The van der Waals surface area contributed by atoms with Gasteiger partial charge in [0.2, 0.25) is 0 Å². The lowest BCUT2D eigenvalue weighted by atomic mass is 9.98. The van der Waals surface area contributed by atoms with Gasteiger partial charge in [0.15, 0.2) is 6.10 Å². The highest BCUT2D eigenvalue weighted by molar-refractivity contribution is 6.00. The van der Waals surface area contributed by atoms with Crippen LogP contribution in [0, 0.1) is 6.92 Å². The Hall–Kier alpha value is -2.62. The summed E-state index contributed by atoms with van der Waals surface area (Å²) in [5.41, 5.74) is 4.28. The van der Waals surface area contributed by atoms with Crippen molar-refractivity contribution in [2.45, 2.75) is 32.8 Å². The number of carbonyl (C=O) groups excluding carboxylic acids is 2. The maximum atomic E-state index is 12.6. The van der Waals surface area contributed by atoms with E-state index in [0.717, 1.165) is 28.8 Å². The first kappa shape index (κ1) is 15.3. The van der Waals surface area contributed by atoms with Gasteiger partial charge in [-0.25, -0.2) is 4.79 Å². The fraction of sp³-hybridized carbons (Fsp3) is 0.263. The molecule has 0 fully saturated rings. The molecule has 0 aromatic heterocycles. The van der Waals surface area contributed by atoms with Gasteiger partial charge in [-0.1, -0.05) is 43.3 Å². The van der Waals surface area contributed by atoms with Crippen LogP contribution in [0.3, 0.4) is 0 Å². The highest BCUT2D eigenvalue weighted by Crippen LogP contribution is 2.24. The van der Waals surface area contributed by atoms with E-state index in [1.807, 2.05) is 44.2 Å². The summed E-state index contributed by atoms with van der Waals surface area (Å²) in [7, 11) is 0. The minimum absolute atomic E-state index is 0.281. The van der Waals surface area contributed by atoms with Crippen LogP contribution in [0.4, 0.5) is 5.69 Å². The van der Waals surface area contributed by atoms with Crippen LogP contribution >= 0.6 is 0 Å². The second-order valence-corrected chi connectivity index (χ2v) is 5.71. The maximum Gasteiger partial charge on any atom is 0.339 e. The second-order valence-electron chi connectivity index (χ2n) is 5.71. The molecule has 0 spiro atoms. The summed E-state index contributed by atoms with van der Waals surface area (Å²) in [6, 6.07) is 13.2. The maximum absolute atomic E-state index is 12.6. The summed E-state index contributed by atoms with van der Waals surface area (Å²) in [4.78, 5) is 24.6. The molecule has 0 unspecified atom stereocenters. The van der Waals surface area contributed by atoms with Gasteiger partial charge in [-0.15, -0.1) is 0 Å². The number of rotatable bonds is 3. The van der Waals surface area contributed by atoms with Gasteiger partial charge in [-0.3, -0.25) is 4.79 Å². The quantitative estimate of drug-likeness (QED) is 0.885. The summed E-state index contributed by atoms with van der Waals surface area (Å²) < 4.78 is 5.31. The molecule has 0 saturated heterocycles. The van der Waals surface area contributed by atoms with Crippen molar-refractivity contribution in [1.29, 1.82) is 0 Å². The standard InChI is InChI=1S/C19H19NO3/c1-3-13-9-6-7-12(2)17(13)20-18(21)16-11-14-8-4-5-10-15(14)19(22)23-16/h4-10,16H,3,11H2,1-2H3,(H,20,21)/t16-/m1/s1. The first-order valence-electron chi connectivity index (χ1n) is 7.78. The van der Waals surface area contributed by atoms with Crippen LogP contribution in [0.1, 0.15) is 34.0 Å². The fourth-order valence-corrected chi connectivity index (χ4v) is 2.88. The Kier molecular flexibility index (Phi) is 4.15. The average molecular weight is 309 g/mol. The topological polar surface area (TPSA) is 55.4 Å². The highest BCUT2D eigenvalue weighted by atomic mass is 16.5. The largest absolute Gasteiger partial charge is 0.448 e. The normalized spacial score (nSPS) is 16.4. The molecule has 118 valence electrons. The Labute approximate surface area is 135 Å². The van der Waals surface area contributed by atoms with E-state index < -0.39 is 12.1 Å². The second kappa shape index (κ2) is 6.24. The Morgan fingerprint density at radius 2 is 2.00 bits per heavy atom. The minimum atomic E-state index is -0.790. The van der Waals surface area contributed by atoms with Crippen molar-refractivity contribution in [3.05, 3.63) is 64.7 Å². The van der Waals surface area contributed by atoms with Gasteiger partial charge in [-0.2, -0.15) is 0 Å². The average Bonchev–Trinajstić information content (AvgIpc) is 2.56. The number of anilines is 1. The van der Waals surface area contributed by atoms with Crippen molar-refractivity contribution >= 4 is 17.6 Å². The highest BCUT2D eigenvalue weighted by Gasteiger charge is 2.31. The van der Waals surface area contributed by atoms with Crippen molar-refractivity contribution in [2.75, 3.05) is 5.32 Å². The number of fused-ring (bicyclic) bond motifs is 1. The third kappa shape index (κ3) is 2.97. The van der Waals surface area contributed by atoms with Gasteiger partial charge in [-0.05, 0) is 36.1 Å². The lowest BCUT2D eigenvalue weighted by Gasteiger charge is -2.24. The number of ether oxygens (including phenoxy) is 1. The smallest absolute Gasteiger partial charge is 0.339 e. The number of carbonyl (C=O) groups is 2. The Balaban J connectivity index is 1.82. The van der Waals surface area contributed by atoms with E-state index in [2.05, 4.69) is 5.32 Å². The minimum Gasteiger partial charge on any atom is -0.448 e. The van der Waals surface area contributed by atoms with Crippen molar-refractivity contribution in [2.24, 2.45) is 0 Å². The molecule has 4 heteroatoms. The zero-order chi connectivity index (χ0) is 16.4. The first-order valence-corrected chi connectivity index (χ1v) is 7.78. The fourth-order valence-electron chi connectivity index (χ4n) is 2.88. The molecule has 1 atom stereocenters. The van der Waals surface area contributed by atoms with Crippen LogP contribution in [0.25, 0.3) is 0 Å². The summed E-state index contributed by atoms with van der Waals surface area (Å²) in [5, 5.41) is 2.93. The lowest BCUT2D eigenvalue weighted by molar-refractivity contribution is -0.125. The van der Waals surface area contributed by atoms with E-state index in [1.54, 1.807) is 12.1 Å². The van der Waals surface area contributed by atoms with Gasteiger partial charge in [0.05, 0.1) is 5.56 Å². The van der Waals surface area contributed by atoms with E-state index in [-0.39, 0.29) is 5.91 Å². The van der Waals surface area contributed by atoms with Gasteiger partial charge < -0.3 is 10.1 Å². The van der Waals surface area contributed by atoms with E-state index in [0.29, 0.717) is 12.0 Å². The molecular formula is C19H19NO3. The van der Waals surface area contributed by atoms with Crippen LogP contribution in [0.2, 0.25) is 0 Å². The van der Waals surface area contributed by atoms with Crippen LogP contribution in [-0.2, 0) is 22.4 Å². The number of cyclic esters (lactones) is 1. The molecule has 23 heavy (non-hydrogen) atoms. The molecule has 1 N–H and O–H groups in total. The third-order valence-corrected chi connectivity index (χ3v) is 4.17. The van der Waals surface area contributed by atoms with E-state index in [4.69, 9.17) is 4.74 Å². The van der Waals surface area contributed by atoms with Crippen molar-refractivity contribution in [3.63, 3.8) is 0 Å². The predicted octanol–water partition coefficient (Wildman–Crippen LogP) is 3.28. The third-order valence-electron chi connectivity index (χ3n) is 4.17. The van der Waals surface area contributed by atoms with E-state index >= 15 is 0 Å². The molecule has 2 aromatic rings. The zero-order valence-electron chi connectivity index (χ0n) is 13.3. The molecule has 1 amide bonds. The zero-order valence-corrected chi connectivity index (χ0v) is 13.3. The number of esters is 1. The Morgan fingerprint density at radius 1 is 1.22 bits per heavy atom. The summed E-state index contributed by atoms with van der Waals surface area (Å²) in [5.74, 6) is -0.718. The number of benzene rings is 2. The summed E-state index contributed by atoms with van der Waals surface area (Å²) >= 11 is 0. The van der Waals surface area contributed by atoms with Crippen LogP contribution < -0.4 is 5.32 Å². The molecule has 4 nitrogen and oxygen atoms in total. The molecule has 2 aromatic carbocycles. The molecule has 1 aliphatic rings. The van der Waals surface area contributed by atoms with Crippen molar-refractivity contribution in [1.82, 2.24) is 0 Å².